The molecule has 0 aliphatic heterocycles. The largest absolute Gasteiger partial charge is 0.350 e. The van der Waals surface area contributed by atoms with Gasteiger partial charge in [-0.3, -0.25) is 13.9 Å². The Hall–Kier alpha value is -3.65. The van der Waals surface area contributed by atoms with Crippen LogP contribution in [-0.2, 0) is 26.2 Å². The molecule has 8 heteroatoms. The van der Waals surface area contributed by atoms with Crippen molar-refractivity contribution in [1.82, 2.24) is 10.2 Å². The summed E-state index contributed by atoms with van der Waals surface area (Å²) in [6.45, 7) is 6.95. The molecule has 3 aromatic rings. The van der Waals surface area contributed by atoms with Gasteiger partial charge in [0, 0.05) is 12.1 Å². The van der Waals surface area contributed by atoms with Gasteiger partial charge in [0.15, 0.2) is 0 Å². The minimum atomic E-state index is -4.05. The number of nitrogens with one attached hydrogen (secondary N) is 1. The first-order valence-corrected chi connectivity index (χ1v) is 13.2. The summed E-state index contributed by atoms with van der Waals surface area (Å²) in [5, 5.41) is 2.92. The van der Waals surface area contributed by atoms with Gasteiger partial charge in [0.2, 0.25) is 11.8 Å². The highest BCUT2D eigenvalue weighted by atomic mass is 32.2. The standard InChI is InChI=1S/C28H33N3O4S/c1-22(27(33)29-28(2,3)4)30(20-23-14-8-5-9-15-23)26(32)21-31(24-16-10-6-11-17-24)36(34,35)25-18-12-7-13-19-25/h5-19,22H,20-21H2,1-4H3,(H,29,33)/t22-/m0/s1. The molecule has 7 nitrogen and oxygen atoms in total. The van der Waals surface area contributed by atoms with Gasteiger partial charge in [0.25, 0.3) is 10.0 Å². The summed E-state index contributed by atoms with van der Waals surface area (Å²) in [7, 11) is -4.05. The second-order valence-electron chi connectivity index (χ2n) is 9.58. The van der Waals surface area contributed by atoms with E-state index in [2.05, 4.69) is 5.32 Å². The first-order valence-electron chi connectivity index (χ1n) is 11.8. The molecule has 0 aliphatic carbocycles. The van der Waals surface area contributed by atoms with Crippen LogP contribution in [0.3, 0.4) is 0 Å². The van der Waals surface area contributed by atoms with Gasteiger partial charge in [-0.2, -0.15) is 0 Å². The topological polar surface area (TPSA) is 86.8 Å². The zero-order valence-corrected chi connectivity index (χ0v) is 21.9. The molecule has 0 saturated heterocycles. The van der Waals surface area contributed by atoms with E-state index in [4.69, 9.17) is 0 Å². The lowest BCUT2D eigenvalue weighted by molar-refractivity contribution is -0.140. The highest BCUT2D eigenvalue weighted by Gasteiger charge is 2.33. The number of nitrogens with zero attached hydrogens (tertiary/aromatic N) is 2. The first kappa shape index (κ1) is 26.9. The van der Waals surface area contributed by atoms with Crippen LogP contribution in [-0.4, -0.2) is 43.3 Å². The quantitative estimate of drug-likeness (QED) is 0.470. The molecule has 1 N–H and O–H groups in total. The fourth-order valence-corrected chi connectivity index (χ4v) is 5.11. The number of benzene rings is 3. The average Bonchev–Trinajstić information content (AvgIpc) is 2.86. The summed E-state index contributed by atoms with van der Waals surface area (Å²) >= 11 is 0. The maximum absolute atomic E-state index is 13.8. The molecule has 0 unspecified atom stereocenters. The predicted molar refractivity (Wildman–Crippen MR) is 142 cm³/mol. The van der Waals surface area contributed by atoms with Crippen molar-refractivity contribution in [2.75, 3.05) is 10.8 Å². The molecule has 2 amide bonds. The normalized spacial score (nSPS) is 12.4. The summed E-state index contributed by atoms with van der Waals surface area (Å²) < 4.78 is 28.3. The average molecular weight is 508 g/mol. The molecular weight excluding hydrogens is 474 g/mol. The third kappa shape index (κ3) is 6.95. The molecule has 0 bridgehead atoms. The number of carbonyl (C=O) groups is 2. The van der Waals surface area contributed by atoms with E-state index in [9.17, 15) is 18.0 Å². The van der Waals surface area contributed by atoms with E-state index in [-0.39, 0.29) is 17.3 Å². The molecule has 0 spiro atoms. The Labute approximate surface area is 213 Å². The molecule has 0 radical (unpaired) electrons. The molecule has 1 atom stereocenters. The molecule has 0 fully saturated rings. The van der Waals surface area contributed by atoms with E-state index in [1.807, 2.05) is 51.1 Å². The van der Waals surface area contributed by atoms with E-state index in [0.717, 1.165) is 9.87 Å². The number of carbonyl (C=O) groups excluding carboxylic acids is 2. The Morgan fingerprint density at radius 2 is 1.33 bits per heavy atom. The summed E-state index contributed by atoms with van der Waals surface area (Å²) in [5.41, 5.74) is 0.707. The predicted octanol–water partition coefficient (Wildman–Crippen LogP) is 4.21. The highest BCUT2D eigenvalue weighted by molar-refractivity contribution is 7.92. The van der Waals surface area contributed by atoms with Crippen LogP contribution in [0.1, 0.15) is 33.3 Å². The third-order valence-electron chi connectivity index (χ3n) is 5.52. The minimum absolute atomic E-state index is 0.0785. The fraction of sp³-hybridized carbons (Fsp3) is 0.286. The lowest BCUT2D eigenvalue weighted by Crippen LogP contribution is -2.54. The molecular formula is C28H33N3O4S. The molecule has 190 valence electrons. The maximum atomic E-state index is 13.8. The van der Waals surface area contributed by atoms with Crippen molar-refractivity contribution < 1.29 is 18.0 Å². The smallest absolute Gasteiger partial charge is 0.264 e. The van der Waals surface area contributed by atoms with Gasteiger partial charge in [-0.25, -0.2) is 8.42 Å². The number of amides is 2. The number of anilines is 1. The molecule has 36 heavy (non-hydrogen) atoms. The van der Waals surface area contributed by atoms with Gasteiger partial charge in [0.1, 0.15) is 12.6 Å². The van der Waals surface area contributed by atoms with Gasteiger partial charge in [-0.1, -0.05) is 66.7 Å². The second-order valence-corrected chi connectivity index (χ2v) is 11.4. The van der Waals surface area contributed by atoms with Gasteiger partial charge in [0.05, 0.1) is 10.6 Å². The van der Waals surface area contributed by atoms with Crippen LogP contribution in [0.5, 0.6) is 0 Å². The van der Waals surface area contributed by atoms with Crippen molar-refractivity contribution in [1.29, 1.82) is 0 Å². The maximum Gasteiger partial charge on any atom is 0.264 e. The molecule has 0 aromatic heterocycles. The van der Waals surface area contributed by atoms with E-state index in [0.29, 0.717) is 5.69 Å². The lowest BCUT2D eigenvalue weighted by Gasteiger charge is -2.33. The number of para-hydroxylation sites is 1. The van der Waals surface area contributed by atoms with Gasteiger partial charge in [-0.05, 0) is 57.5 Å². The highest BCUT2D eigenvalue weighted by Crippen LogP contribution is 2.24. The Balaban J connectivity index is 1.98. The Morgan fingerprint density at radius 3 is 1.86 bits per heavy atom. The van der Waals surface area contributed by atoms with Crippen LogP contribution < -0.4 is 9.62 Å². The van der Waals surface area contributed by atoms with E-state index in [1.165, 1.54) is 17.0 Å². The molecule has 3 aromatic carbocycles. The van der Waals surface area contributed by atoms with E-state index in [1.54, 1.807) is 55.5 Å². The Kier molecular flexibility index (Phi) is 8.53. The van der Waals surface area contributed by atoms with Gasteiger partial charge < -0.3 is 10.2 Å². The summed E-state index contributed by atoms with van der Waals surface area (Å²) in [4.78, 5) is 28.3. The van der Waals surface area contributed by atoms with Crippen LogP contribution in [0.25, 0.3) is 0 Å². The number of rotatable bonds is 9. The Morgan fingerprint density at radius 1 is 0.833 bits per heavy atom. The van der Waals surface area contributed by atoms with Crippen molar-refractivity contribution in [3.05, 3.63) is 96.6 Å². The third-order valence-corrected chi connectivity index (χ3v) is 7.30. The van der Waals surface area contributed by atoms with Crippen LogP contribution in [0.2, 0.25) is 0 Å². The van der Waals surface area contributed by atoms with Crippen molar-refractivity contribution in [2.45, 2.75) is 50.7 Å². The SMILES string of the molecule is C[C@@H](C(=O)NC(C)(C)C)N(Cc1ccccc1)C(=O)CN(c1ccccc1)S(=O)(=O)c1ccccc1. The van der Waals surface area contributed by atoms with E-state index >= 15 is 0 Å². The monoisotopic (exact) mass is 507 g/mol. The van der Waals surface area contributed by atoms with Crippen molar-refractivity contribution in [3.8, 4) is 0 Å². The molecule has 0 aliphatic rings. The summed E-state index contributed by atoms with van der Waals surface area (Å²) in [6, 6.07) is 25.0. The number of hydrogen-bond donors (Lipinski definition) is 1. The molecule has 0 saturated carbocycles. The van der Waals surface area contributed by atoms with Crippen molar-refractivity contribution in [3.63, 3.8) is 0 Å². The van der Waals surface area contributed by atoms with Gasteiger partial charge >= 0.3 is 0 Å². The zero-order chi connectivity index (χ0) is 26.3. The first-order chi connectivity index (χ1) is 17.0. The Bertz CT molecular complexity index is 1260. The van der Waals surface area contributed by atoms with Crippen molar-refractivity contribution >= 4 is 27.5 Å². The second kappa shape index (κ2) is 11.4. The number of hydrogen-bond acceptors (Lipinski definition) is 4. The van der Waals surface area contributed by atoms with Gasteiger partial charge in [-0.15, -0.1) is 0 Å². The number of sulfonamides is 1. The lowest BCUT2D eigenvalue weighted by atomic mass is 10.1. The summed E-state index contributed by atoms with van der Waals surface area (Å²) in [6.07, 6.45) is 0. The zero-order valence-electron chi connectivity index (χ0n) is 21.1. The van der Waals surface area contributed by atoms with Crippen LogP contribution in [0, 0.1) is 0 Å². The molecule has 3 rings (SSSR count). The summed E-state index contributed by atoms with van der Waals surface area (Å²) in [5.74, 6) is -0.803. The van der Waals surface area contributed by atoms with Crippen LogP contribution in [0.4, 0.5) is 5.69 Å². The minimum Gasteiger partial charge on any atom is -0.350 e. The fourth-order valence-electron chi connectivity index (χ4n) is 3.68. The molecule has 0 heterocycles. The van der Waals surface area contributed by atoms with E-state index < -0.39 is 34.1 Å². The van der Waals surface area contributed by atoms with Crippen LogP contribution in [0.15, 0.2) is 95.9 Å². The van der Waals surface area contributed by atoms with Crippen LogP contribution >= 0.6 is 0 Å². The van der Waals surface area contributed by atoms with Crippen molar-refractivity contribution in [2.24, 2.45) is 0 Å².